The molecular weight excluding hydrogens is 334 g/mol. The fourth-order valence-corrected chi connectivity index (χ4v) is 3.95. The number of hydrogen-bond donors (Lipinski definition) is 3. The van der Waals surface area contributed by atoms with Crippen LogP contribution in [0.2, 0.25) is 0 Å². The molecule has 5 nitrogen and oxygen atoms in total. The molecule has 0 saturated heterocycles. The monoisotopic (exact) mass is 351 g/mol. The van der Waals surface area contributed by atoms with E-state index in [1.165, 1.54) is 11.3 Å². The Morgan fingerprint density at radius 1 is 0.880 bits per heavy atom. The van der Waals surface area contributed by atoms with Gasteiger partial charge in [-0.05, 0) is 29.2 Å². The Morgan fingerprint density at radius 2 is 1.44 bits per heavy atom. The van der Waals surface area contributed by atoms with Crippen LogP contribution in [0.4, 0.5) is 9.80 Å². The van der Waals surface area contributed by atoms with E-state index in [2.05, 4.69) is 5.32 Å². The number of rotatable bonds is 4. The highest BCUT2D eigenvalue weighted by Gasteiger charge is 2.21. The maximum Gasteiger partial charge on any atom is 0.317 e. The third kappa shape index (κ3) is 3.39. The van der Waals surface area contributed by atoms with E-state index in [0.717, 1.165) is 27.1 Å². The largest absolute Gasteiger partial charge is 0.365 e. The van der Waals surface area contributed by atoms with Crippen molar-refractivity contribution >= 4 is 28.3 Å². The lowest BCUT2D eigenvalue weighted by Gasteiger charge is -2.04. The van der Waals surface area contributed by atoms with Crippen LogP contribution in [0, 0.1) is 6.92 Å². The van der Waals surface area contributed by atoms with Crippen LogP contribution in [0.25, 0.3) is 21.6 Å². The summed E-state index contributed by atoms with van der Waals surface area (Å²) in [5.74, 6) is -0.593. The van der Waals surface area contributed by atoms with Crippen molar-refractivity contribution in [1.29, 1.82) is 0 Å². The first-order valence-corrected chi connectivity index (χ1v) is 8.44. The molecule has 126 valence electrons. The van der Waals surface area contributed by atoms with Crippen LogP contribution < -0.4 is 16.8 Å². The van der Waals surface area contributed by atoms with Crippen LogP contribution in [-0.4, -0.2) is 11.9 Å². The Morgan fingerprint density at radius 3 is 2.00 bits per heavy atom. The predicted octanol–water partition coefficient (Wildman–Crippen LogP) is 3.98. The second-order valence-electron chi connectivity index (χ2n) is 5.56. The van der Waals surface area contributed by atoms with Crippen molar-refractivity contribution in [3.8, 4) is 21.6 Å². The summed E-state index contributed by atoms with van der Waals surface area (Å²) in [7, 11) is 0. The van der Waals surface area contributed by atoms with Crippen molar-refractivity contribution in [2.75, 3.05) is 5.32 Å². The Bertz CT molecular complexity index is 931. The lowest BCUT2D eigenvalue weighted by molar-refractivity contribution is 0.100. The maximum absolute atomic E-state index is 11.7. The number of anilines is 1. The Kier molecular flexibility index (Phi) is 4.54. The van der Waals surface area contributed by atoms with Crippen molar-refractivity contribution in [2.24, 2.45) is 11.5 Å². The molecule has 0 radical (unpaired) electrons. The number of carbonyl (C=O) groups is 2. The zero-order chi connectivity index (χ0) is 18.0. The van der Waals surface area contributed by atoms with Crippen LogP contribution in [0.1, 0.15) is 15.9 Å². The molecular formula is C19H17N3O2S. The van der Waals surface area contributed by atoms with E-state index in [4.69, 9.17) is 11.5 Å². The summed E-state index contributed by atoms with van der Waals surface area (Å²) in [4.78, 5) is 23.8. The van der Waals surface area contributed by atoms with Crippen molar-refractivity contribution in [2.45, 2.75) is 6.92 Å². The summed E-state index contributed by atoms with van der Waals surface area (Å²) in [6, 6.07) is 17.3. The van der Waals surface area contributed by atoms with Gasteiger partial charge < -0.3 is 11.5 Å². The molecule has 0 unspecified atom stereocenters. The fourth-order valence-electron chi connectivity index (χ4n) is 2.73. The average molecular weight is 351 g/mol. The number of nitrogens with one attached hydrogen (secondary N) is 1. The van der Waals surface area contributed by atoms with Gasteiger partial charge in [0.15, 0.2) is 0 Å². The van der Waals surface area contributed by atoms with E-state index in [-0.39, 0.29) is 0 Å². The second kappa shape index (κ2) is 6.78. The van der Waals surface area contributed by atoms with Crippen LogP contribution in [0.3, 0.4) is 0 Å². The third-order valence-electron chi connectivity index (χ3n) is 3.88. The smallest absolute Gasteiger partial charge is 0.317 e. The Labute approximate surface area is 149 Å². The standard InChI is InChI=1S/C19H17N3O2S/c1-11-15(17(20)23)18(22-19(21)24)25-16(11)14-9-7-13(8-10-14)12-5-3-2-4-6-12/h2-10H,1H3,(H2,20,23)(H3,21,22,24). The van der Waals surface area contributed by atoms with Gasteiger partial charge in [-0.3, -0.25) is 10.1 Å². The molecule has 5 N–H and O–H groups in total. The molecule has 2 aromatic carbocycles. The SMILES string of the molecule is Cc1c(-c2ccc(-c3ccccc3)cc2)sc(NC(N)=O)c1C(N)=O. The van der Waals surface area contributed by atoms with Gasteiger partial charge >= 0.3 is 6.03 Å². The van der Waals surface area contributed by atoms with Crippen LogP contribution >= 0.6 is 11.3 Å². The van der Waals surface area contributed by atoms with Gasteiger partial charge in [-0.15, -0.1) is 11.3 Å². The molecule has 0 aliphatic heterocycles. The molecule has 0 fully saturated rings. The maximum atomic E-state index is 11.7. The molecule has 1 heterocycles. The molecule has 3 amide bonds. The molecule has 0 aliphatic rings. The topological polar surface area (TPSA) is 98.2 Å². The van der Waals surface area contributed by atoms with Gasteiger partial charge in [-0.25, -0.2) is 4.79 Å². The first-order valence-electron chi connectivity index (χ1n) is 7.63. The van der Waals surface area contributed by atoms with Gasteiger partial charge in [0.2, 0.25) is 0 Å². The summed E-state index contributed by atoms with van der Waals surface area (Å²) in [5, 5.41) is 2.85. The number of benzene rings is 2. The van der Waals surface area contributed by atoms with E-state index < -0.39 is 11.9 Å². The van der Waals surface area contributed by atoms with Gasteiger partial charge in [-0.1, -0.05) is 54.6 Å². The fraction of sp³-hybridized carbons (Fsp3) is 0.0526. The summed E-state index contributed by atoms with van der Waals surface area (Å²) >= 11 is 1.28. The minimum absolute atomic E-state index is 0.297. The van der Waals surface area contributed by atoms with Crippen molar-refractivity contribution in [3.05, 3.63) is 65.7 Å². The summed E-state index contributed by atoms with van der Waals surface area (Å²) in [6.07, 6.45) is 0. The van der Waals surface area contributed by atoms with E-state index in [0.29, 0.717) is 10.6 Å². The highest BCUT2D eigenvalue weighted by molar-refractivity contribution is 7.20. The van der Waals surface area contributed by atoms with Crippen LogP contribution in [-0.2, 0) is 0 Å². The van der Waals surface area contributed by atoms with Gasteiger partial charge in [0.05, 0.1) is 5.56 Å². The molecule has 1 aromatic heterocycles. The van der Waals surface area contributed by atoms with Crippen molar-refractivity contribution in [3.63, 3.8) is 0 Å². The van der Waals surface area contributed by atoms with Gasteiger partial charge in [0, 0.05) is 4.88 Å². The lowest BCUT2D eigenvalue weighted by Crippen LogP contribution is -2.21. The number of amides is 3. The lowest BCUT2D eigenvalue weighted by atomic mass is 10.0. The third-order valence-corrected chi connectivity index (χ3v) is 5.14. The predicted molar refractivity (Wildman–Crippen MR) is 102 cm³/mol. The number of carbonyl (C=O) groups excluding carboxylic acids is 2. The van der Waals surface area contributed by atoms with Crippen LogP contribution in [0.15, 0.2) is 54.6 Å². The van der Waals surface area contributed by atoms with Crippen LogP contribution in [0.5, 0.6) is 0 Å². The van der Waals surface area contributed by atoms with Gasteiger partial charge in [0.1, 0.15) is 5.00 Å². The summed E-state index contributed by atoms with van der Waals surface area (Å²) in [5.41, 5.74) is 14.8. The van der Waals surface area contributed by atoms with Gasteiger partial charge in [-0.2, -0.15) is 0 Å². The minimum Gasteiger partial charge on any atom is -0.365 e. The Hall–Kier alpha value is -3.12. The molecule has 0 saturated carbocycles. The average Bonchev–Trinajstić information content (AvgIpc) is 2.91. The number of hydrogen-bond acceptors (Lipinski definition) is 3. The Balaban J connectivity index is 2.02. The number of primary amides is 2. The molecule has 0 bridgehead atoms. The molecule has 3 aromatic rings. The van der Waals surface area contributed by atoms with E-state index >= 15 is 0 Å². The number of thiophene rings is 1. The minimum atomic E-state index is -0.727. The number of nitrogens with two attached hydrogens (primary N) is 2. The summed E-state index contributed by atoms with van der Waals surface area (Å²) in [6.45, 7) is 1.81. The molecule has 0 atom stereocenters. The highest BCUT2D eigenvalue weighted by atomic mass is 32.1. The number of urea groups is 1. The van der Waals surface area contributed by atoms with E-state index in [1.54, 1.807) is 0 Å². The first kappa shape index (κ1) is 16.7. The van der Waals surface area contributed by atoms with Crippen molar-refractivity contribution in [1.82, 2.24) is 0 Å². The quantitative estimate of drug-likeness (QED) is 0.662. The summed E-state index contributed by atoms with van der Waals surface area (Å²) < 4.78 is 0. The van der Waals surface area contributed by atoms with Gasteiger partial charge in [0.25, 0.3) is 5.91 Å². The normalized spacial score (nSPS) is 10.4. The van der Waals surface area contributed by atoms with E-state index in [9.17, 15) is 9.59 Å². The second-order valence-corrected chi connectivity index (χ2v) is 6.58. The first-order chi connectivity index (χ1) is 12.0. The molecule has 3 rings (SSSR count). The zero-order valence-electron chi connectivity index (χ0n) is 13.6. The molecule has 6 heteroatoms. The zero-order valence-corrected chi connectivity index (χ0v) is 14.4. The molecule has 0 aliphatic carbocycles. The molecule has 25 heavy (non-hydrogen) atoms. The highest BCUT2D eigenvalue weighted by Crippen LogP contribution is 2.40. The van der Waals surface area contributed by atoms with Crippen molar-refractivity contribution < 1.29 is 9.59 Å². The van der Waals surface area contributed by atoms with E-state index in [1.807, 2.05) is 61.5 Å². The molecule has 0 spiro atoms.